The fourth-order valence-corrected chi connectivity index (χ4v) is 2.20. The van der Waals surface area contributed by atoms with Crippen molar-refractivity contribution in [2.24, 2.45) is 0 Å². The van der Waals surface area contributed by atoms with Gasteiger partial charge >= 0.3 is 0 Å². The first-order valence-electron chi connectivity index (χ1n) is 7.25. The van der Waals surface area contributed by atoms with E-state index in [4.69, 9.17) is 0 Å². The van der Waals surface area contributed by atoms with Crippen molar-refractivity contribution < 1.29 is 4.79 Å². The van der Waals surface area contributed by atoms with E-state index in [-0.39, 0.29) is 5.91 Å². The Labute approximate surface area is 124 Å². The monoisotopic (exact) mass is 290 g/mol. The van der Waals surface area contributed by atoms with Gasteiger partial charge in [0.1, 0.15) is 12.7 Å². The van der Waals surface area contributed by atoms with Gasteiger partial charge in [-0.05, 0) is 32.8 Å². The van der Waals surface area contributed by atoms with E-state index in [9.17, 15) is 4.79 Å². The van der Waals surface area contributed by atoms with E-state index in [2.05, 4.69) is 26.6 Å². The zero-order chi connectivity index (χ0) is 15.1. The topological polar surface area (TPSA) is 77.6 Å². The van der Waals surface area contributed by atoms with E-state index < -0.39 is 0 Å². The third-order valence-electron chi connectivity index (χ3n) is 3.23. The number of carbonyl (C=O) groups excluding carboxylic acids is 1. The molecule has 21 heavy (non-hydrogen) atoms. The van der Waals surface area contributed by atoms with Gasteiger partial charge in [-0.15, -0.1) is 0 Å². The van der Waals surface area contributed by atoms with E-state index in [1.165, 1.54) is 6.33 Å². The van der Waals surface area contributed by atoms with Crippen molar-refractivity contribution in [3.8, 4) is 0 Å². The zero-order valence-electron chi connectivity index (χ0n) is 12.6. The molecule has 2 heterocycles. The van der Waals surface area contributed by atoms with Gasteiger partial charge in [0, 0.05) is 31.7 Å². The maximum atomic E-state index is 11.7. The predicted octanol–water partition coefficient (Wildman–Crippen LogP) is 1.08. The third-order valence-corrected chi connectivity index (χ3v) is 3.23. The lowest BCUT2D eigenvalue weighted by molar-refractivity contribution is -0.121. The van der Waals surface area contributed by atoms with Crippen molar-refractivity contribution in [3.63, 3.8) is 0 Å². The number of nitrogens with zero attached hydrogens (tertiary/aromatic N) is 5. The van der Waals surface area contributed by atoms with E-state index in [1.54, 1.807) is 11.0 Å². The van der Waals surface area contributed by atoms with Gasteiger partial charge in [0.25, 0.3) is 0 Å². The molecule has 0 saturated carbocycles. The van der Waals surface area contributed by atoms with Gasteiger partial charge in [-0.1, -0.05) is 0 Å². The maximum Gasteiger partial charge on any atom is 0.220 e. The molecule has 1 amide bonds. The summed E-state index contributed by atoms with van der Waals surface area (Å²) in [6.45, 7) is 6.27. The molecule has 0 aliphatic carbocycles. The normalized spacial score (nSPS) is 10.8. The molecule has 0 spiro atoms. The standard InChI is InChI=1S/C14H22N6O/c1-12-9-13(2)20(18-12)8-4-6-16-14(21)5-3-7-19-11-15-10-17-19/h9-11H,3-8H2,1-2H3,(H,16,21). The SMILES string of the molecule is Cc1cc(C)n(CCCNC(=O)CCCn2cncn2)n1. The fourth-order valence-electron chi connectivity index (χ4n) is 2.20. The lowest BCUT2D eigenvalue weighted by Crippen LogP contribution is -2.25. The number of carbonyl (C=O) groups is 1. The van der Waals surface area contributed by atoms with E-state index in [0.29, 0.717) is 13.0 Å². The van der Waals surface area contributed by atoms with Gasteiger partial charge in [0.15, 0.2) is 0 Å². The first-order valence-corrected chi connectivity index (χ1v) is 7.25. The minimum absolute atomic E-state index is 0.0866. The smallest absolute Gasteiger partial charge is 0.220 e. The fraction of sp³-hybridized carbons (Fsp3) is 0.571. The van der Waals surface area contributed by atoms with Gasteiger partial charge in [0.05, 0.1) is 5.69 Å². The van der Waals surface area contributed by atoms with Gasteiger partial charge in [-0.3, -0.25) is 14.2 Å². The van der Waals surface area contributed by atoms with Crippen LogP contribution in [-0.4, -0.2) is 37.0 Å². The van der Waals surface area contributed by atoms with E-state index in [1.807, 2.05) is 18.5 Å². The molecule has 0 saturated heterocycles. The maximum absolute atomic E-state index is 11.7. The van der Waals surface area contributed by atoms with Crippen LogP contribution in [0.4, 0.5) is 0 Å². The van der Waals surface area contributed by atoms with Crippen LogP contribution in [0.3, 0.4) is 0 Å². The van der Waals surface area contributed by atoms with Crippen LogP contribution < -0.4 is 5.32 Å². The van der Waals surface area contributed by atoms with Crippen LogP contribution in [0.2, 0.25) is 0 Å². The zero-order valence-corrected chi connectivity index (χ0v) is 12.6. The molecule has 0 radical (unpaired) electrons. The van der Waals surface area contributed by atoms with Gasteiger partial charge < -0.3 is 5.32 Å². The second-order valence-corrected chi connectivity index (χ2v) is 5.12. The van der Waals surface area contributed by atoms with Crippen LogP contribution >= 0.6 is 0 Å². The summed E-state index contributed by atoms with van der Waals surface area (Å²) in [7, 11) is 0. The summed E-state index contributed by atoms with van der Waals surface area (Å²) in [5, 5.41) is 11.3. The van der Waals surface area contributed by atoms with Crippen molar-refractivity contribution in [2.45, 2.75) is 46.2 Å². The Morgan fingerprint density at radius 1 is 1.29 bits per heavy atom. The van der Waals surface area contributed by atoms with Crippen molar-refractivity contribution in [1.82, 2.24) is 29.9 Å². The minimum Gasteiger partial charge on any atom is -0.356 e. The summed E-state index contributed by atoms with van der Waals surface area (Å²) in [4.78, 5) is 15.5. The molecule has 7 nitrogen and oxygen atoms in total. The van der Waals surface area contributed by atoms with Crippen molar-refractivity contribution in [2.75, 3.05) is 6.54 Å². The predicted molar refractivity (Wildman–Crippen MR) is 78.6 cm³/mol. The highest BCUT2D eigenvalue weighted by Crippen LogP contribution is 2.02. The molecule has 2 aromatic rings. The van der Waals surface area contributed by atoms with Crippen LogP contribution in [0.15, 0.2) is 18.7 Å². The Morgan fingerprint density at radius 3 is 2.81 bits per heavy atom. The van der Waals surface area contributed by atoms with Gasteiger partial charge in [0.2, 0.25) is 5.91 Å². The molecule has 0 fully saturated rings. The van der Waals surface area contributed by atoms with Crippen molar-refractivity contribution >= 4 is 5.91 Å². The van der Waals surface area contributed by atoms with Gasteiger partial charge in [-0.2, -0.15) is 10.2 Å². The third kappa shape index (κ3) is 5.02. The quantitative estimate of drug-likeness (QED) is 0.738. The summed E-state index contributed by atoms with van der Waals surface area (Å²) < 4.78 is 3.71. The molecular weight excluding hydrogens is 268 g/mol. The summed E-state index contributed by atoms with van der Waals surface area (Å²) >= 11 is 0. The number of amides is 1. The molecule has 0 aliphatic rings. The highest BCUT2D eigenvalue weighted by atomic mass is 16.1. The minimum atomic E-state index is 0.0866. The van der Waals surface area contributed by atoms with E-state index in [0.717, 1.165) is 37.3 Å². The van der Waals surface area contributed by atoms with Gasteiger partial charge in [-0.25, -0.2) is 4.98 Å². The molecular formula is C14H22N6O. The summed E-state index contributed by atoms with van der Waals surface area (Å²) in [5.41, 5.74) is 2.19. The largest absolute Gasteiger partial charge is 0.356 e. The number of aryl methyl sites for hydroxylation is 4. The summed E-state index contributed by atoms with van der Waals surface area (Å²) in [6, 6.07) is 2.06. The van der Waals surface area contributed by atoms with Crippen molar-refractivity contribution in [3.05, 3.63) is 30.1 Å². The summed E-state index contributed by atoms with van der Waals surface area (Å²) in [6.07, 6.45) is 5.33. The average Bonchev–Trinajstić information content (AvgIpc) is 3.05. The Morgan fingerprint density at radius 2 is 2.14 bits per heavy atom. The Bertz CT molecular complexity index is 560. The van der Waals surface area contributed by atoms with Crippen LogP contribution in [0.1, 0.15) is 30.7 Å². The van der Waals surface area contributed by atoms with E-state index >= 15 is 0 Å². The molecule has 114 valence electrons. The second-order valence-electron chi connectivity index (χ2n) is 5.12. The van der Waals surface area contributed by atoms with Crippen LogP contribution in [-0.2, 0) is 17.9 Å². The first kappa shape index (κ1) is 15.2. The number of hydrogen-bond acceptors (Lipinski definition) is 4. The van der Waals surface area contributed by atoms with Crippen LogP contribution in [0.5, 0.6) is 0 Å². The molecule has 2 aromatic heterocycles. The first-order chi connectivity index (χ1) is 10.1. The molecule has 0 aromatic carbocycles. The average molecular weight is 290 g/mol. The number of hydrogen-bond donors (Lipinski definition) is 1. The number of aromatic nitrogens is 5. The lowest BCUT2D eigenvalue weighted by atomic mass is 10.3. The van der Waals surface area contributed by atoms with Crippen LogP contribution in [0.25, 0.3) is 0 Å². The highest BCUT2D eigenvalue weighted by Gasteiger charge is 2.03. The Kier molecular flexibility index (Phi) is 5.48. The molecule has 0 aliphatic heterocycles. The molecule has 0 unspecified atom stereocenters. The molecule has 7 heteroatoms. The number of rotatable bonds is 8. The lowest BCUT2D eigenvalue weighted by Gasteiger charge is -2.06. The van der Waals surface area contributed by atoms with Crippen LogP contribution in [0, 0.1) is 13.8 Å². The molecule has 0 bridgehead atoms. The molecule has 0 atom stereocenters. The van der Waals surface area contributed by atoms with Crippen molar-refractivity contribution in [1.29, 1.82) is 0 Å². The Balaban J connectivity index is 1.56. The second kappa shape index (κ2) is 7.56. The molecule has 2 rings (SSSR count). The number of nitrogens with one attached hydrogen (secondary N) is 1. The Hall–Kier alpha value is -2.18. The highest BCUT2D eigenvalue weighted by molar-refractivity contribution is 5.75. The molecule has 1 N–H and O–H groups in total. The summed E-state index contributed by atoms with van der Waals surface area (Å²) in [5.74, 6) is 0.0866.